The minimum atomic E-state index is -0.428. The van der Waals surface area contributed by atoms with Gasteiger partial charge >= 0.3 is 0 Å². The van der Waals surface area contributed by atoms with Crippen LogP contribution in [-0.2, 0) is 9.59 Å². The molecule has 0 aliphatic carbocycles. The summed E-state index contributed by atoms with van der Waals surface area (Å²) in [6.07, 6.45) is 0. The fourth-order valence-electron chi connectivity index (χ4n) is 3.36. The van der Waals surface area contributed by atoms with E-state index >= 15 is 0 Å². The average Bonchev–Trinajstić information content (AvgIpc) is 2.99. The van der Waals surface area contributed by atoms with Gasteiger partial charge in [-0.3, -0.25) is 9.59 Å². The predicted octanol–water partition coefficient (Wildman–Crippen LogP) is 5.41. The van der Waals surface area contributed by atoms with E-state index in [2.05, 4.69) is 0 Å². The lowest BCUT2D eigenvalue weighted by molar-refractivity contribution is -0.120. The van der Waals surface area contributed by atoms with Crippen molar-refractivity contribution in [3.8, 4) is 0 Å². The number of anilines is 2. The highest BCUT2D eigenvalue weighted by Gasteiger charge is 2.42. The Balaban J connectivity index is 1.92. The van der Waals surface area contributed by atoms with Crippen LogP contribution in [0.1, 0.15) is 5.56 Å². The van der Waals surface area contributed by atoms with Crippen LogP contribution in [0.2, 0.25) is 10.0 Å². The lowest BCUT2D eigenvalue weighted by Gasteiger charge is -2.21. The summed E-state index contributed by atoms with van der Waals surface area (Å²) in [5, 5.41) is 0.761. The summed E-state index contributed by atoms with van der Waals surface area (Å²) in [5.41, 5.74) is 2.24. The average molecular weight is 423 g/mol. The van der Waals surface area contributed by atoms with E-state index in [0.29, 0.717) is 21.3 Å². The number of imide groups is 1. The van der Waals surface area contributed by atoms with Gasteiger partial charge in [-0.25, -0.2) is 4.90 Å². The van der Waals surface area contributed by atoms with Gasteiger partial charge in [0, 0.05) is 23.3 Å². The topological polar surface area (TPSA) is 40.6 Å². The van der Waals surface area contributed by atoms with Crippen molar-refractivity contribution in [3.05, 3.63) is 100 Å². The molecule has 0 radical (unpaired) electrons. The number of carbonyl (C=O) groups is 2. The standard InChI is InChI=1S/C23H16Cl2N2O2/c1-26(16-8-4-2-5-9-16)21-20(18-13-12-15(24)14-19(18)25)22(28)27(23(21)29)17-10-6-3-7-11-17/h2-14H,1H3. The Labute approximate surface area is 178 Å². The lowest BCUT2D eigenvalue weighted by atomic mass is 10.0. The molecule has 6 heteroatoms. The number of hydrogen-bond donors (Lipinski definition) is 0. The Morgan fingerprint density at radius 1 is 0.793 bits per heavy atom. The summed E-state index contributed by atoms with van der Waals surface area (Å²) in [6.45, 7) is 0. The molecule has 29 heavy (non-hydrogen) atoms. The first kappa shape index (κ1) is 19.2. The molecule has 4 rings (SSSR count). The lowest BCUT2D eigenvalue weighted by Crippen LogP contribution is -2.34. The third-order valence-corrected chi connectivity index (χ3v) is 5.30. The van der Waals surface area contributed by atoms with Gasteiger partial charge in [0.05, 0.1) is 16.3 Å². The van der Waals surface area contributed by atoms with E-state index in [9.17, 15) is 9.59 Å². The van der Waals surface area contributed by atoms with Gasteiger partial charge in [-0.05, 0) is 36.4 Å². The molecular weight excluding hydrogens is 407 g/mol. The Morgan fingerprint density at radius 2 is 1.41 bits per heavy atom. The molecule has 2 amide bonds. The molecule has 3 aromatic rings. The first-order valence-electron chi connectivity index (χ1n) is 8.91. The van der Waals surface area contributed by atoms with Crippen molar-refractivity contribution in [2.45, 2.75) is 0 Å². The number of halogens is 2. The fraction of sp³-hybridized carbons (Fsp3) is 0.0435. The second-order valence-corrected chi connectivity index (χ2v) is 7.37. The quantitative estimate of drug-likeness (QED) is 0.527. The number of nitrogens with zero attached hydrogens (tertiary/aromatic N) is 2. The predicted molar refractivity (Wildman–Crippen MR) is 117 cm³/mol. The molecule has 0 aromatic heterocycles. The van der Waals surface area contributed by atoms with Crippen LogP contribution >= 0.6 is 23.2 Å². The first-order valence-corrected chi connectivity index (χ1v) is 9.67. The van der Waals surface area contributed by atoms with Gasteiger partial charge < -0.3 is 4.90 Å². The van der Waals surface area contributed by atoms with Crippen LogP contribution in [0.15, 0.2) is 84.6 Å². The number of rotatable bonds is 4. The van der Waals surface area contributed by atoms with E-state index in [-0.39, 0.29) is 11.3 Å². The van der Waals surface area contributed by atoms with E-state index in [0.717, 1.165) is 5.69 Å². The smallest absolute Gasteiger partial charge is 0.282 e. The Morgan fingerprint density at radius 3 is 2.03 bits per heavy atom. The van der Waals surface area contributed by atoms with E-state index < -0.39 is 11.8 Å². The first-order chi connectivity index (χ1) is 14.0. The Hall–Kier alpha value is -3.08. The zero-order valence-corrected chi connectivity index (χ0v) is 17.0. The third-order valence-electron chi connectivity index (χ3n) is 4.75. The number of para-hydroxylation sites is 2. The van der Waals surface area contributed by atoms with Gasteiger partial charge in [-0.15, -0.1) is 0 Å². The largest absolute Gasteiger partial charge is 0.339 e. The molecule has 0 saturated carbocycles. The molecule has 4 nitrogen and oxygen atoms in total. The molecular formula is C23H16Cl2N2O2. The van der Waals surface area contributed by atoms with Crippen molar-refractivity contribution >= 4 is 52.0 Å². The highest BCUT2D eigenvalue weighted by molar-refractivity contribution is 6.48. The van der Waals surface area contributed by atoms with Crippen molar-refractivity contribution in [1.29, 1.82) is 0 Å². The van der Waals surface area contributed by atoms with Gasteiger partial charge in [-0.1, -0.05) is 65.7 Å². The van der Waals surface area contributed by atoms with Gasteiger partial charge in [0.1, 0.15) is 5.70 Å². The fourth-order valence-corrected chi connectivity index (χ4v) is 3.86. The van der Waals surface area contributed by atoms with Gasteiger partial charge in [-0.2, -0.15) is 0 Å². The molecule has 1 aliphatic heterocycles. The maximum absolute atomic E-state index is 13.4. The number of carbonyl (C=O) groups excluding carboxylic acids is 2. The van der Waals surface area contributed by atoms with Crippen LogP contribution in [0, 0.1) is 0 Å². The van der Waals surface area contributed by atoms with Crippen molar-refractivity contribution in [2.24, 2.45) is 0 Å². The van der Waals surface area contributed by atoms with Crippen LogP contribution in [0.3, 0.4) is 0 Å². The van der Waals surface area contributed by atoms with Crippen LogP contribution in [0.25, 0.3) is 5.57 Å². The van der Waals surface area contributed by atoms with Crippen molar-refractivity contribution in [1.82, 2.24) is 0 Å². The van der Waals surface area contributed by atoms with Crippen LogP contribution in [0.4, 0.5) is 11.4 Å². The number of benzene rings is 3. The number of hydrogen-bond acceptors (Lipinski definition) is 3. The van der Waals surface area contributed by atoms with Gasteiger partial charge in [0.2, 0.25) is 0 Å². The van der Waals surface area contributed by atoms with E-state index in [1.165, 1.54) is 4.90 Å². The van der Waals surface area contributed by atoms with Crippen molar-refractivity contribution in [2.75, 3.05) is 16.8 Å². The molecule has 0 saturated heterocycles. The summed E-state index contributed by atoms with van der Waals surface area (Å²) in [4.78, 5) is 29.7. The zero-order chi connectivity index (χ0) is 20.5. The van der Waals surface area contributed by atoms with Gasteiger partial charge in [0.15, 0.2) is 0 Å². The number of likely N-dealkylation sites (N-methyl/N-ethyl adjacent to an activating group) is 1. The SMILES string of the molecule is CN(C1=C(c2ccc(Cl)cc2Cl)C(=O)N(c2ccccc2)C1=O)c1ccccc1. The molecule has 0 bridgehead atoms. The number of amides is 2. The molecule has 144 valence electrons. The minimum Gasteiger partial charge on any atom is -0.339 e. The highest BCUT2D eigenvalue weighted by Crippen LogP contribution is 2.38. The summed E-state index contributed by atoms with van der Waals surface area (Å²) < 4.78 is 0. The van der Waals surface area contributed by atoms with Crippen LogP contribution in [-0.4, -0.2) is 18.9 Å². The monoisotopic (exact) mass is 422 g/mol. The maximum atomic E-state index is 13.4. The summed E-state index contributed by atoms with van der Waals surface area (Å²) >= 11 is 12.4. The molecule has 0 spiro atoms. The normalized spacial score (nSPS) is 14.0. The Kier molecular flexibility index (Phi) is 5.14. The van der Waals surface area contributed by atoms with E-state index in [1.54, 1.807) is 54.4 Å². The highest BCUT2D eigenvalue weighted by atomic mass is 35.5. The zero-order valence-electron chi connectivity index (χ0n) is 15.5. The second kappa shape index (κ2) is 7.74. The van der Waals surface area contributed by atoms with E-state index in [1.807, 2.05) is 36.4 Å². The molecule has 0 fully saturated rings. The summed E-state index contributed by atoms with van der Waals surface area (Å²) in [6, 6.07) is 23.1. The Bertz CT molecular complexity index is 1130. The molecule has 3 aromatic carbocycles. The molecule has 1 aliphatic rings. The van der Waals surface area contributed by atoms with Crippen LogP contribution in [0.5, 0.6) is 0 Å². The third kappa shape index (κ3) is 3.41. The summed E-state index contributed by atoms with van der Waals surface area (Å²) in [5.74, 6) is -0.836. The van der Waals surface area contributed by atoms with E-state index in [4.69, 9.17) is 23.2 Å². The van der Waals surface area contributed by atoms with Gasteiger partial charge in [0.25, 0.3) is 11.8 Å². The van der Waals surface area contributed by atoms with Crippen molar-refractivity contribution < 1.29 is 9.59 Å². The van der Waals surface area contributed by atoms with Crippen molar-refractivity contribution in [3.63, 3.8) is 0 Å². The minimum absolute atomic E-state index is 0.242. The summed E-state index contributed by atoms with van der Waals surface area (Å²) in [7, 11) is 1.76. The molecule has 0 N–H and O–H groups in total. The molecule has 0 atom stereocenters. The maximum Gasteiger partial charge on any atom is 0.282 e. The van der Waals surface area contributed by atoms with Crippen LogP contribution < -0.4 is 9.80 Å². The molecule has 0 unspecified atom stereocenters. The second-order valence-electron chi connectivity index (χ2n) is 6.52. The molecule has 1 heterocycles.